The molecule has 0 aliphatic carbocycles. The van der Waals surface area contributed by atoms with Gasteiger partial charge in [0.15, 0.2) is 0 Å². The maximum Gasteiger partial charge on any atom is 0.224 e. The number of aromatic nitrogens is 2. The van der Waals surface area contributed by atoms with Gasteiger partial charge in [0.05, 0.1) is 17.8 Å². The van der Waals surface area contributed by atoms with Crippen molar-refractivity contribution in [3.8, 4) is 5.69 Å². The Bertz CT molecular complexity index is 952. The molecule has 2 aromatic carbocycles. The number of carbonyl (C=O) groups excluding carboxylic acids is 1. The van der Waals surface area contributed by atoms with E-state index in [0.29, 0.717) is 29.4 Å². The molecule has 27 heavy (non-hydrogen) atoms. The summed E-state index contributed by atoms with van der Waals surface area (Å²) in [6, 6.07) is 15.3. The molecule has 1 amide bonds. The van der Waals surface area contributed by atoms with Gasteiger partial charge in [-0.3, -0.25) is 4.79 Å². The fraction of sp³-hybridized carbons (Fsp3) is 0.238. The SMILES string of the molecule is Cc1nn(-c2ccccc2)c(C)c1CC(=O)NCCc1ccc(Cl)cc1Cl. The Morgan fingerprint density at radius 1 is 1.11 bits per heavy atom. The summed E-state index contributed by atoms with van der Waals surface area (Å²) in [5, 5.41) is 8.77. The number of hydrogen-bond donors (Lipinski definition) is 1. The third-order valence-corrected chi connectivity index (χ3v) is 5.10. The maximum atomic E-state index is 12.4. The molecule has 3 aromatic rings. The molecule has 1 heterocycles. The third-order valence-electron chi connectivity index (χ3n) is 4.51. The van der Waals surface area contributed by atoms with Gasteiger partial charge in [-0.05, 0) is 50.1 Å². The molecule has 0 fully saturated rings. The van der Waals surface area contributed by atoms with E-state index in [1.807, 2.05) is 54.9 Å². The highest BCUT2D eigenvalue weighted by atomic mass is 35.5. The predicted octanol–water partition coefficient (Wildman–Crippen LogP) is 4.70. The molecule has 0 atom stereocenters. The van der Waals surface area contributed by atoms with Gasteiger partial charge < -0.3 is 5.32 Å². The molecule has 3 rings (SSSR count). The van der Waals surface area contributed by atoms with Crippen LogP contribution in [0.4, 0.5) is 0 Å². The second-order valence-electron chi connectivity index (χ2n) is 6.41. The van der Waals surface area contributed by atoms with E-state index in [1.165, 1.54) is 0 Å². The Hall–Kier alpha value is -2.30. The van der Waals surface area contributed by atoms with Crippen LogP contribution in [0.1, 0.15) is 22.5 Å². The number of para-hydroxylation sites is 1. The first-order chi connectivity index (χ1) is 13.0. The molecule has 0 saturated carbocycles. The molecule has 4 nitrogen and oxygen atoms in total. The zero-order chi connectivity index (χ0) is 19.4. The van der Waals surface area contributed by atoms with E-state index in [1.54, 1.807) is 12.1 Å². The number of aryl methyl sites for hydroxylation is 1. The van der Waals surface area contributed by atoms with E-state index in [2.05, 4.69) is 10.4 Å². The summed E-state index contributed by atoms with van der Waals surface area (Å²) >= 11 is 12.1. The topological polar surface area (TPSA) is 46.9 Å². The number of rotatable bonds is 6. The van der Waals surface area contributed by atoms with Gasteiger partial charge in [-0.2, -0.15) is 5.10 Å². The molecular weight excluding hydrogens is 381 g/mol. The first-order valence-corrected chi connectivity index (χ1v) is 9.52. The Labute approximate surface area is 169 Å². The van der Waals surface area contributed by atoms with Crippen LogP contribution in [-0.4, -0.2) is 22.2 Å². The summed E-state index contributed by atoms with van der Waals surface area (Å²) in [6.45, 7) is 4.44. The maximum absolute atomic E-state index is 12.4. The number of benzene rings is 2. The lowest BCUT2D eigenvalue weighted by Crippen LogP contribution is -2.27. The Morgan fingerprint density at radius 3 is 2.56 bits per heavy atom. The van der Waals surface area contributed by atoms with Crippen LogP contribution in [0.2, 0.25) is 10.0 Å². The Balaban J connectivity index is 1.62. The summed E-state index contributed by atoms with van der Waals surface area (Å²) < 4.78 is 1.88. The number of halogens is 2. The summed E-state index contributed by atoms with van der Waals surface area (Å²) in [5.74, 6) is -0.0288. The Kier molecular flexibility index (Phi) is 6.19. The van der Waals surface area contributed by atoms with Crippen LogP contribution < -0.4 is 5.32 Å². The van der Waals surface area contributed by atoms with Crippen molar-refractivity contribution in [2.24, 2.45) is 0 Å². The zero-order valence-corrected chi connectivity index (χ0v) is 16.8. The minimum atomic E-state index is -0.0288. The van der Waals surface area contributed by atoms with Crippen LogP contribution >= 0.6 is 23.2 Å². The van der Waals surface area contributed by atoms with Gasteiger partial charge in [0.2, 0.25) is 5.91 Å². The normalized spacial score (nSPS) is 10.8. The van der Waals surface area contributed by atoms with Crippen molar-refractivity contribution in [2.75, 3.05) is 6.54 Å². The smallest absolute Gasteiger partial charge is 0.224 e. The van der Waals surface area contributed by atoms with Gasteiger partial charge in [-0.25, -0.2) is 4.68 Å². The highest BCUT2D eigenvalue weighted by Crippen LogP contribution is 2.21. The average Bonchev–Trinajstić information content (AvgIpc) is 2.92. The summed E-state index contributed by atoms with van der Waals surface area (Å²) in [5.41, 5.74) is 4.76. The summed E-state index contributed by atoms with van der Waals surface area (Å²) in [6.07, 6.45) is 0.960. The van der Waals surface area contributed by atoms with Crippen LogP contribution in [-0.2, 0) is 17.6 Å². The van der Waals surface area contributed by atoms with E-state index in [0.717, 1.165) is 28.2 Å². The first-order valence-electron chi connectivity index (χ1n) is 8.77. The monoisotopic (exact) mass is 401 g/mol. The van der Waals surface area contributed by atoms with Gasteiger partial charge in [0, 0.05) is 27.8 Å². The van der Waals surface area contributed by atoms with Gasteiger partial charge in [-0.1, -0.05) is 47.5 Å². The number of hydrogen-bond acceptors (Lipinski definition) is 2. The molecule has 0 radical (unpaired) electrons. The minimum Gasteiger partial charge on any atom is -0.355 e. The van der Waals surface area contributed by atoms with E-state index in [9.17, 15) is 4.79 Å². The molecule has 0 bridgehead atoms. The van der Waals surface area contributed by atoms with Crippen LogP contribution in [0.5, 0.6) is 0 Å². The lowest BCUT2D eigenvalue weighted by Gasteiger charge is -2.08. The van der Waals surface area contributed by atoms with Crippen molar-refractivity contribution in [1.29, 1.82) is 0 Å². The molecule has 0 saturated heterocycles. The fourth-order valence-corrected chi connectivity index (χ4v) is 3.54. The lowest BCUT2D eigenvalue weighted by atomic mass is 10.1. The van der Waals surface area contributed by atoms with Gasteiger partial charge in [0.1, 0.15) is 0 Å². The highest BCUT2D eigenvalue weighted by molar-refractivity contribution is 6.35. The van der Waals surface area contributed by atoms with Crippen LogP contribution in [0.3, 0.4) is 0 Å². The number of amides is 1. The molecular formula is C21H21Cl2N3O. The van der Waals surface area contributed by atoms with Crippen molar-refractivity contribution >= 4 is 29.1 Å². The number of carbonyl (C=O) groups is 1. The molecule has 140 valence electrons. The second-order valence-corrected chi connectivity index (χ2v) is 7.25. The van der Waals surface area contributed by atoms with Crippen molar-refractivity contribution < 1.29 is 4.79 Å². The average molecular weight is 402 g/mol. The molecule has 1 aromatic heterocycles. The predicted molar refractivity (Wildman–Crippen MR) is 110 cm³/mol. The van der Waals surface area contributed by atoms with Crippen molar-refractivity contribution in [1.82, 2.24) is 15.1 Å². The van der Waals surface area contributed by atoms with Crippen LogP contribution in [0.25, 0.3) is 5.69 Å². The second kappa shape index (κ2) is 8.59. The molecule has 1 N–H and O–H groups in total. The largest absolute Gasteiger partial charge is 0.355 e. The number of nitrogens with one attached hydrogen (secondary N) is 1. The zero-order valence-electron chi connectivity index (χ0n) is 15.3. The highest BCUT2D eigenvalue weighted by Gasteiger charge is 2.15. The van der Waals surface area contributed by atoms with E-state index in [-0.39, 0.29) is 5.91 Å². The lowest BCUT2D eigenvalue weighted by molar-refractivity contribution is -0.120. The number of nitrogens with zero attached hydrogens (tertiary/aromatic N) is 2. The van der Waals surface area contributed by atoms with Crippen molar-refractivity contribution in [3.63, 3.8) is 0 Å². The summed E-state index contributed by atoms with van der Waals surface area (Å²) in [7, 11) is 0. The van der Waals surface area contributed by atoms with E-state index >= 15 is 0 Å². The molecule has 0 spiro atoms. The molecule has 0 aliphatic rings. The van der Waals surface area contributed by atoms with E-state index < -0.39 is 0 Å². The fourth-order valence-electron chi connectivity index (χ4n) is 3.04. The Morgan fingerprint density at radius 2 is 1.85 bits per heavy atom. The van der Waals surface area contributed by atoms with Crippen molar-refractivity contribution in [2.45, 2.75) is 26.7 Å². The molecule has 6 heteroatoms. The van der Waals surface area contributed by atoms with Crippen LogP contribution in [0, 0.1) is 13.8 Å². The van der Waals surface area contributed by atoms with Gasteiger partial charge in [-0.15, -0.1) is 0 Å². The van der Waals surface area contributed by atoms with Gasteiger partial charge >= 0.3 is 0 Å². The standard InChI is InChI=1S/C21H21Cl2N3O/c1-14-19(15(2)26(25-14)18-6-4-3-5-7-18)13-21(27)24-11-10-16-8-9-17(22)12-20(16)23/h3-9,12H,10-11,13H2,1-2H3,(H,24,27). The summed E-state index contributed by atoms with van der Waals surface area (Å²) in [4.78, 5) is 12.4. The first kappa shape index (κ1) is 19.5. The molecule has 0 unspecified atom stereocenters. The minimum absolute atomic E-state index is 0.0288. The van der Waals surface area contributed by atoms with Crippen molar-refractivity contribution in [3.05, 3.63) is 81.1 Å². The van der Waals surface area contributed by atoms with E-state index in [4.69, 9.17) is 23.2 Å². The van der Waals surface area contributed by atoms with Crippen LogP contribution in [0.15, 0.2) is 48.5 Å². The van der Waals surface area contributed by atoms with Gasteiger partial charge in [0.25, 0.3) is 0 Å². The third kappa shape index (κ3) is 4.71. The quantitative estimate of drug-likeness (QED) is 0.650. The molecule has 0 aliphatic heterocycles.